The third-order valence-corrected chi connectivity index (χ3v) is 7.03. The number of nitrogens with zero attached hydrogens (tertiary/aromatic N) is 1. The molecule has 3 N–H and O–H groups in total. The van der Waals surface area contributed by atoms with Crippen molar-refractivity contribution in [2.45, 2.75) is 50.0 Å². The van der Waals surface area contributed by atoms with Crippen molar-refractivity contribution in [3.05, 3.63) is 29.3 Å². The van der Waals surface area contributed by atoms with Crippen molar-refractivity contribution in [2.75, 3.05) is 19.6 Å². The molecular formula is C18H27N3O3S. The van der Waals surface area contributed by atoms with Gasteiger partial charge in [0.05, 0.1) is 4.90 Å². The van der Waals surface area contributed by atoms with Crippen LogP contribution in [0.3, 0.4) is 0 Å². The molecule has 0 aromatic heterocycles. The van der Waals surface area contributed by atoms with Crippen molar-refractivity contribution < 1.29 is 13.2 Å². The van der Waals surface area contributed by atoms with Gasteiger partial charge in [-0.2, -0.15) is 4.31 Å². The summed E-state index contributed by atoms with van der Waals surface area (Å²) in [6.07, 6.45) is 5.09. The summed E-state index contributed by atoms with van der Waals surface area (Å²) >= 11 is 0. The first-order valence-corrected chi connectivity index (χ1v) is 10.5. The predicted octanol–water partition coefficient (Wildman–Crippen LogP) is 1.64. The Hall–Kier alpha value is -1.44. The molecule has 0 radical (unpaired) electrons. The second-order valence-corrected chi connectivity index (χ2v) is 9.09. The minimum atomic E-state index is -3.54. The highest BCUT2D eigenvalue weighted by Gasteiger charge is 2.29. The Balaban J connectivity index is 1.76. The quantitative estimate of drug-likeness (QED) is 0.801. The lowest BCUT2D eigenvalue weighted by Crippen LogP contribution is -2.39. The molecule has 1 saturated carbocycles. The maximum absolute atomic E-state index is 12.8. The molecule has 0 bridgehead atoms. The summed E-state index contributed by atoms with van der Waals surface area (Å²) in [6, 6.07) is 4.76. The summed E-state index contributed by atoms with van der Waals surface area (Å²) in [5.41, 5.74) is 7.19. The van der Waals surface area contributed by atoms with Crippen LogP contribution in [0.25, 0.3) is 0 Å². The van der Waals surface area contributed by atoms with Crippen molar-refractivity contribution >= 4 is 15.9 Å². The Kier molecular flexibility index (Phi) is 5.46. The van der Waals surface area contributed by atoms with Gasteiger partial charge in [-0.1, -0.05) is 12.5 Å². The average Bonchev–Trinajstić information content (AvgIpc) is 3.45. The molecule has 0 spiro atoms. The van der Waals surface area contributed by atoms with Crippen LogP contribution in [-0.4, -0.2) is 44.3 Å². The van der Waals surface area contributed by atoms with Crippen molar-refractivity contribution in [1.29, 1.82) is 0 Å². The molecule has 1 aliphatic carbocycles. The number of hydrogen-bond donors (Lipinski definition) is 2. The summed E-state index contributed by atoms with van der Waals surface area (Å²) in [4.78, 5) is 12.7. The van der Waals surface area contributed by atoms with Gasteiger partial charge >= 0.3 is 0 Å². The van der Waals surface area contributed by atoms with Gasteiger partial charge in [-0.15, -0.1) is 0 Å². The van der Waals surface area contributed by atoms with E-state index >= 15 is 0 Å². The summed E-state index contributed by atoms with van der Waals surface area (Å²) in [5.74, 6) is 0.247. The van der Waals surface area contributed by atoms with E-state index in [-0.39, 0.29) is 16.8 Å². The van der Waals surface area contributed by atoms with Crippen LogP contribution in [0.2, 0.25) is 0 Å². The number of benzene rings is 1. The summed E-state index contributed by atoms with van der Waals surface area (Å²) in [6.45, 7) is 3.33. The highest BCUT2D eigenvalue weighted by Crippen LogP contribution is 2.31. The minimum absolute atomic E-state index is 0.0236. The zero-order chi connectivity index (χ0) is 18.0. The highest BCUT2D eigenvalue weighted by atomic mass is 32.2. The first-order chi connectivity index (χ1) is 11.9. The van der Waals surface area contributed by atoms with Gasteiger partial charge in [0.1, 0.15) is 0 Å². The van der Waals surface area contributed by atoms with E-state index in [1.807, 2.05) is 6.92 Å². The first-order valence-electron chi connectivity index (χ1n) is 9.04. The normalized spacial score (nSPS) is 20.2. The highest BCUT2D eigenvalue weighted by molar-refractivity contribution is 7.89. The number of hydrogen-bond acceptors (Lipinski definition) is 4. The Bertz CT molecular complexity index is 738. The zero-order valence-electron chi connectivity index (χ0n) is 14.7. The molecule has 138 valence electrons. The van der Waals surface area contributed by atoms with E-state index in [1.54, 1.807) is 12.1 Å². The largest absolute Gasteiger partial charge is 0.350 e. The lowest BCUT2D eigenvalue weighted by molar-refractivity contribution is 0.0949. The number of sulfonamides is 1. The number of aryl methyl sites for hydroxylation is 1. The van der Waals surface area contributed by atoms with Crippen LogP contribution in [0, 0.1) is 12.8 Å². The van der Waals surface area contributed by atoms with E-state index in [0.717, 1.165) is 37.7 Å². The van der Waals surface area contributed by atoms with E-state index in [1.165, 1.54) is 10.4 Å². The molecule has 2 aliphatic rings. The van der Waals surface area contributed by atoms with Crippen LogP contribution in [0.15, 0.2) is 23.1 Å². The van der Waals surface area contributed by atoms with E-state index in [0.29, 0.717) is 31.1 Å². The average molecular weight is 365 g/mol. The number of piperidine rings is 1. The van der Waals surface area contributed by atoms with E-state index < -0.39 is 10.0 Å². The van der Waals surface area contributed by atoms with Crippen molar-refractivity contribution in [2.24, 2.45) is 11.7 Å². The third-order valence-electron chi connectivity index (χ3n) is 5.13. The van der Waals surface area contributed by atoms with E-state index in [2.05, 4.69) is 5.32 Å². The zero-order valence-corrected chi connectivity index (χ0v) is 15.5. The van der Waals surface area contributed by atoms with Crippen LogP contribution in [0.1, 0.15) is 48.0 Å². The topological polar surface area (TPSA) is 92.5 Å². The first kappa shape index (κ1) is 18.4. The molecule has 7 heteroatoms. The Labute approximate surface area is 149 Å². The molecule has 1 aromatic rings. The molecule has 1 aromatic carbocycles. The Morgan fingerprint density at radius 2 is 1.96 bits per heavy atom. The number of nitrogens with one attached hydrogen (secondary N) is 1. The van der Waals surface area contributed by atoms with Crippen LogP contribution in [-0.2, 0) is 10.0 Å². The minimum Gasteiger partial charge on any atom is -0.350 e. The van der Waals surface area contributed by atoms with Gasteiger partial charge in [0.25, 0.3) is 5.91 Å². The molecular weight excluding hydrogens is 338 g/mol. The van der Waals surface area contributed by atoms with Gasteiger partial charge in [-0.05, 0) is 56.2 Å². The number of carbonyl (C=O) groups is 1. The predicted molar refractivity (Wildman–Crippen MR) is 96.8 cm³/mol. The van der Waals surface area contributed by atoms with Crippen LogP contribution in [0.4, 0.5) is 0 Å². The van der Waals surface area contributed by atoms with Crippen molar-refractivity contribution in [1.82, 2.24) is 9.62 Å². The molecule has 1 saturated heterocycles. The van der Waals surface area contributed by atoms with Crippen LogP contribution in [0.5, 0.6) is 0 Å². The van der Waals surface area contributed by atoms with Crippen LogP contribution >= 0.6 is 0 Å². The van der Waals surface area contributed by atoms with E-state index in [4.69, 9.17) is 5.73 Å². The maximum Gasteiger partial charge on any atom is 0.251 e. The molecule has 3 rings (SSSR count). The molecule has 25 heavy (non-hydrogen) atoms. The lowest BCUT2D eigenvalue weighted by Gasteiger charge is -2.26. The fraction of sp³-hybridized carbons (Fsp3) is 0.611. The number of rotatable bonds is 6. The number of carbonyl (C=O) groups excluding carboxylic acids is 1. The van der Waals surface area contributed by atoms with Crippen molar-refractivity contribution in [3.8, 4) is 0 Å². The molecule has 1 amide bonds. The lowest BCUT2D eigenvalue weighted by atomic mass is 10.1. The SMILES string of the molecule is Cc1ccc(S(=O)(=O)N2CCCCC2)cc1C(=O)NCC(N)C1CC1. The number of amides is 1. The fourth-order valence-electron chi connectivity index (χ4n) is 3.26. The van der Waals surface area contributed by atoms with Gasteiger partial charge in [0, 0.05) is 31.2 Å². The van der Waals surface area contributed by atoms with Gasteiger partial charge in [-0.3, -0.25) is 4.79 Å². The van der Waals surface area contributed by atoms with Crippen molar-refractivity contribution in [3.63, 3.8) is 0 Å². The Morgan fingerprint density at radius 3 is 2.60 bits per heavy atom. The fourth-order valence-corrected chi connectivity index (χ4v) is 4.80. The molecule has 1 aliphatic heterocycles. The van der Waals surface area contributed by atoms with Gasteiger partial charge in [0.2, 0.25) is 10.0 Å². The summed E-state index contributed by atoms with van der Waals surface area (Å²) in [7, 11) is -3.54. The molecule has 1 atom stereocenters. The molecule has 6 nitrogen and oxygen atoms in total. The summed E-state index contributed by atoms with van der Waals surface area (Å²) < 4.78 is 27.1. The monoisotopic (exact) mass is 365 g/mol. The second-order valence-electron chi connectivity index (χ2n) is 7.15. The van der Waals surface area contributed by atoms with Gasteiger partial charge in [0.15, 0.2) is 0 Å². The smallest absolute Gasteiger partial charge is 0.251 e. The molecule has 1 heterocycles. The standard InChI is InChI=1S/C18H27N3O3S/c1-13-5-8-15(25(23,24)21-9-3-2-4-10-21)11-16(13)18(22)20-12-17(19)14-6-7-14/h5,8,11,14,17H,2-4,6-7,9-10,12,19H2,1H3,(H,20,22). The van der Waals surface area contributed by atoms with Gasteiger partial charge < -0.3 is 11.1 Å². The molecule has 2 fully saturated rings. The maximum atomic E-state index is 12.8. The molecule has 1 unspecified atom stereocenters. The Morgan fingerprint density at radius 1 is 1.28 bits per heavy atom. The summed E-state index contributed by atoms with van der Waals surface area (Å²) in [5, 5.41) is 2.85. The van der Waals surface area contributed by atoms with E-state index in [9.17, 15) is 13.2 Å². The third kappa shape index (κ3) is 4.22. The number of nitrogens with two attached hydrogens (primary N) is 1. The van der Waals surface area contributed by atoms with Crippen LogP contribution < -0.4 is 11.1 Å². The van der Waals surface area contributed by atoms with Gasteiger partial charge in [-0.25, -0.2) is 8.42 Å². The second kappa shape index (κ2) is 7.43.